The van der Waals surface area contributed by atoms with Gasteiger partial charge in [-0.1, -0.05) is 18.2 Å². The summed E-state index contributed by atoms with van der Waals surface area (Å²) in [5, 5.41) is 13.2. The number of carboxylic acid groups (broad SMARTS) is 1. The molecule has 0 aromatic heterocycles. The number of amides is 1. The Balaban J connectivity index is 1.80. The van der Waals surface area contributed by atoms with Crippen LogP contribution in [0.5, 0.6) is 0 Å². The minimum absolute atomic E-state index is 0.0812. The molecule has 0 spiro atoms. The van der Waals surface area contributed by atoms with Crippen LogP contribution in [0.3, 0.4) is 0 Å². The lowest BCUT2D eigenvalue weighted by Gasteiger charge is -2.27. The highest BCUT2D eigenvalue weighted by molar-refractivity contribution is 6.12. The lowest BCUT2D eigenvalue weighted by molar-refractivity contribution is -0.136. The van der Waals surface area contributed by atoms with Crippen LogP contribution in [0, 0.1) is 6.92 Å². The molecule has 1 aliphatic rings. The predicted molar refractivity (Wildman–Crippen MR) is 120 cm³/mol. The average Bonchev–Trinajstić information content (AvgIpc) is 2.79. The smallest absolute Gasteiger partial charge is 0.418 e. The van der Waals surface area contributed by atoms with E-state index in [9.17, 15) is 22.8 Å². The maximum Gasteiger partial charge on any atom is 0.418 e. The number of fused-ring (bicyclic) bond motifs is 1. The maximum atomic E-state index is 13.7. The number of benzene rings is 3. The summed E-state index contributed by atoms with van der Waals surface area (Å²) >= 11 is 0. The van der Waals surface area contributed by atoms with Crippen LogP contribution < -0.4 is 5.32 Å². The molecule has 5 nitrogen and oxygen atoms in total. The topological polar surface area (TPSA) is 69.6 Å². The zero-order valence-electron chi connectivity index (χ0n) is 18.0. The van der Waals surface area contributed by atoms with Crippen molar-refractivity contribution >= 4 is 34.0 Å². The Hall–Kier alpha value is -3.55. The third-order valence-corrected chi connectivity index (χ3v) is 5.96. The van der Waals surface area contributed by atoms with Crippen LogP contribution in [0.4, 0.5) is 24.5 Å². The fourth-order valence-electron chi connectivity index (χ4n) is 4.31. The van der Waals surface area contributed by atoms with Crippen molar-refractivity contribution in [1.29, 1.82) is 0 Å². The molecule has 8 heteroatoms. The van der Waals surface area contributed by atoms with Crippen molar-refractivity contribution < 1.29 is 27.9 Å². The van der Waals surface area contributed by atoms with E-state index in [1.807, 2.05) is 17.9 Å². The first-order valence-corrected chi connectivity index (χ1v) is 10.7. The van der Waals surface area contributed by atoms with Gasteiger partial charge in [0.2, 0.25) is 0 Å². The van der Waals surface area contributed by atoms with Crippen LogP contribution in [-0.2, 0) is 6.18 Å². The molecule has 2 N–H and O–H groups in total. The van der Waals surface area contributed by atoms with E-state index >= 15 is 0 Å². The number of alkyl halides is 3. The van der Waals surface area contributed by atoms with Crippen LogP contribution in [0.15, 0.2) is 48.5 Å². The summed E-state index contributed by atoms with van der Waals surface area (Å²) in [5.41, 5.74) is -0.0165. The summed E-state index contributed by atoms with van der Waals surface area (Å²) in [4.78, 5) is 26.2. The van der Waals surface area contributed by atoms with Gasteiger partial charge in [-0.3, -0.25) is 4.79 Å². The number of piperidine rings is 1. The van der Waals surface area contributed by atoms with Gasteiger partial charge in [-0.25, -0.2) is 4.79 Å². The molecule has 0 bridgehead atoms. The van der Waals surface area contributed by atoms with Crippen molar-refractivity contribution in [2.75, 3.05) is 18.4 Å². The number of carbonyl (C=O) groups excluding carboxylic acids is 1. The minimum Gasteiger partial charge on any atom is -0.478 e. The second-order valence-corrected chi connectivity index (χ2v) is 8.20. The first kappa shape index (κ1) is 22.6. The molecule has 0 aliphatic carbocycles. The van der Waals surface area contributed by atoms with Gasteiger partial charge in [0.05, 0.1) is 16.8 Å². The number of hydrogen-bond donors (Lipinski definition) is 2. The van der Waals surface area contributed by atoms with Gasteiger partial charge in [0.25, 0.3) is 5.91 Å². The van der Waals surface area contributed by atoms with E-state index in [0.717, 1.165) is 37.0 Å². The highest BCUT2D eigenvalue weighted by atomic mass is 19.4. The molecular formula is C25H23F3N2O3. The fourth-order valence-corrected chi connectivity index (χ4v) is 4.31. The van der Waals surface area contributed by atoms with Crippen LogP contribution in [-0.4, -0.2) is 35.0 Å². The summed E-state index contributed by atoms with van der Waals surface area (Å²) in [6.45, 7) is 3.25. The Kier molecular flexibility index (Phi) is 6.01. The lowest BCUT2D eigenvalue weighted by Crippen LogP contribution is -2.35. The molecule has 1 fully saturated rings. The SMILES string of the molecule is Cc1cccc2c(Nc3ccc(C(=O)O)cc3C(F)(F)F)ccc(C(=O)N3CCCCC3)c12. The van der Waals surface area contributed by atoms with E-state index in [2.05, 4.69) is 5.32 Å². The molecule has 1 saturated heterocycles. The molecule has 3 aromatic carbocycles. The van der Waals surface area contributed by atoms with E-state index in [0.29, 0.717) is 41.2 Å². The van der Waals surface area contributed by atoms with Gasteiger partial charge in [-0.05, 0) is 67.5 Å². The molecule has 0 saturated carbocycles. The summed E-state index contributed by atoms with van der Waals surface area (Å²) in [7, 11) is 0. The zero-order chi connectivity index (χ0) is 23.8. The van der Waals surface area contributed by atoms with Gasteiger partial charge >= 0.3 is 12.1 Å². The van der Waals surface area contributed by atoms with Crippen molar-refractivity contribution in [3.8, 4) is 0 Å². The Labute approximate surface area is 188 Å². The third-order valence-electron chi connectivity index (χ3n) is 5.96. The molecule has 1 aliphatic heterocycles. The third kappa shape index (κ3) is 4.51. The zero-order valence-corrected chi connectivity index (χ0v) is 18.0. The molecule has 0 atom stereocenters. The van der Waals surface area contributed by atoms with Gasteiger partial charge in [-0.2, -0.15) is 13.2 Å². The van der Waals surface area contributed by atoms with Crippen molar-refractivity contribution in [1.82, 2.24) is 4.90 Å². The number of carboxylic acids is 1. The van der Waals surface area contributed by atoms with Gasteiger partial charge in [-0.15, -0.1) is 0 Å². The van der Waals surface area contributed by atoms with Gasteiger partial charge < -0.3 is 15.3 Å². The number of anilines is 2. The maximum absolute atomic E-state index is 13.7. The summed E-state index contributed by atoms with van der Waals surface area (Å²) in [6, 6.07) is 11.5. The molecule has 33 heavy (non-hydrogen) atoms. The molecule has 0 unspecified atom stereocenters. The number of rotatable bonds is 4. The minimum atomic E-state index is -4.75. The average molecular weight is 456 g/mol. The number of aryl methyl sites for hydroxylation is 1. The fraction of sp³-hybridized carbons (Fsp3) is 0.280. The van der Waals surface area contributed by atoms with Crippen molar-refractivity contribution in [3.63, 3.8) is 0 Å². The number of likely N-dealkylation sites (tertiary alicyclic amines) is 1. The largest absolute Gasteiger partial charge is 0.478 e. The highest BCUT2D eigenvalue weighted by Gasteiger charge is 2.34. The molecule has 3 aromatic rings. The van der Waals surface area contributed by atoms with Crippen LogP contribution in [0.1, 0.15) is 51.1 Å². The van der Waals surface area contributed by atoms with E-state index in [4.69, 9.17) is 5.11 Å². The van der Waals surface area contributed by atoms with Crippen LogP contribution in [0.2, 0.25) is 0 Å². The van der Waals surface area contributed by atoms with Gasteiger partial charge in [0.1, 0.15) is 0 Å². The standard InChI is InChI=1S/C25H23F3N2O3/c1-15-6-5-7-17-20(11-9-18(22(15)17)23(31)30-12-3-2-4-13-30)29-21-10-8-16(24(32)33)14-19(21)25(26,27)28/h5-11,14,29H,2-4,12-13H2,1H3,(H,32,33). The molecule has 1 amide bonds. The number of nitrogens with one attached hydrogen (secondary N) is 1. The van der Waals surface area contributed by atoms with E-state index in [-0.39, 0.29) is 11.6 Å². The summed E-state index contributed by atoms with van der Waals surface area (Å²) in [5.74, 6) is -1.52. The molecule has 1 heterocycles. The van der Waals surface area contributed by atoms with E-state index in [1.54, 1.807) is 24.3 Å². The Morgan fingerprint density at radius 1 is 0.970 bits per heavy atom. The molecule has 0 radical (unpaired) electrons. The lowest BCUT2D eigenvalue weighted by atomic mass is 9.96. The number of halogens is 3. The van der Waals surface area contributed by atoms with Crippen molar-refractivity contribution in [2.45, 2.75) is 32.4 Å². The number of carbonyl (C=O) groups is 2. The second kappa shape index (κ2) is 8.77. The Morgan fingerprint density at radius 2 is 1.67 bits per heavy atom. The molecular weight excluding hydrogens is 433 g/mol. The monoisotopic (exact) mass is 456 g/mol. The van der Waals surface area contributed by atoms with Crippen molar-refractivity contribution in [3.05, 3.63) is 70.8 Å². The Bertz CT molecular complexity index is 1230. The first-order chi connectivity index (χ1) is 15.7. The molecule has 172 valence electrons. The predicted octanol–water partition coefficient (Wildman–Crippen LogP) is 6.23. The Morgan fingerprint density at radius 3 is 2.33 bits per heavy atom. The van der Waals surface area contributed by atoms with Gasteiger partial charge in [0, 0.05) is 29.7 Å². The number of hydrogen-bond acceptors (Lipinski definition) is 3. The summed E-state index contributed by atoms with van der Waals surface area (Å²) < 4.78 is 41.0. The van der Waals surface area contributed by atoms with Crippen LogP contribution >= 0.6 is 0 Å². The van der Waals surface area contributed by atoms with E-state index < -0.39 is 23.3 Å². The number of nitrogens with zero attached hydrogens (tertiary/aromatic N) is 1. The summed E-state index contributed by atoms with van der Waals surface area (Å²) in [6.07, 6.45) is -1.75. The molecule has 4 rings (SSSR count). The highest BCUT2D eigenvalue weighted by Crippen LogP contribution is 2.39. The number of aromatic carboxylic acids is 1. The normalized spacial score (nSPS) is 14.4. The van der Waals surface area contributed by atoms with Gasteiger partial charge in [0.15, 0.2) is 0 Å². The first-order valence-electron chi connectivity index (χ1n) is 10.7. The second-order valence-electron chi connectivity index (χ2n) is 8.20. The van der Waals surface area contributed by atoms with Crippen LogP contribution in [0.25, 0.3) is 10.8 Å². The van der Waals surface area contributed by atoms with Crippen molar-refractivity contribution in [2.24, 2.45) is 0 Å². The van der Waals surface area contributed by atoms with E-state index in [1.165, 1.54) is 0 Å². The quantitative estimate of drug-likeness (QED) is 0.488.